The molecule has 0 rings (SSSR count). The molecule has 0 aromatic heterocycles. The molecule has 0 aliphatic carbocycles. The van der Waals surface area contributed by atoms with Gasteiger partial charge >= 0.3 is 38.3 Å². The number of rotatable bonds is 0. The molecule has 6 heteroatoms. The molecule has 0 saturated carbocycles. The Labute approximate surface area is 38.0 Å². The molecule has 2 nitrogen and oxygen atoms in total. The topological polar surface area (TPSA) is 34.1 Å². The van der Waals surface area contributed by atoms with Crippen LogP contribution in [0.4, 0.5) is 3.04 Å². The quantitative estimate of drug-likeness (QED) is 0.626. The number of halogens is 3. The van der Waals surface area contributed by atoms with Crippen molar-refractivity contribution < 1.29 is 38.3 Å². The third kappa shape index (κ3) is 121. The summed E-state index contributed by atoms with van der Waals surface area (Å²) < 4.78 is 47.1. The fourth-order valence-corrected chi connectivity index (χ4v) is 0. The van der Waals surface area contributed by atoms with E-state index in [2.05, 4.69) is 0 Å². The zero-order chi connectivity index (χ0) is 5.45. The van der Waals surface area contributed by atoms with Crippen molar-refractivity contribution in [3.05, 3.63) is 0 Å². The third-order valence-corrected chi connectivity index (χ3v) is 0. The van der Waals surface area contributed by atoms with E-state index in [-0.39, 0.29) is 0 Å². The number of hydrogen-bond donors (Lipinski definition) is 0. The SMILES string of the molecule is [O]=[Nd](=[O])([F])([F])[F]. The van der Waals surface area contributed by atoms with Gasteiger partial charge in [0.1, 0.15) is 0 Å². The average Bonchev–Trinajstić information content (AvgIpc) is 0.650. The van der Waals surface area contributed by atoms with Crippen molar-refractivity contribution in [2.75, 3.05) is 0 Å². The van der Waals surface area contributed by atoms with Crippen molar-refractivity contribution in [1.82, 2.24) is 0 Å². The van der Waals surface area contributed by atoms with E-state index in [0.29, 0.717) is 0 Å². The molecule has 37 valence electrons. The summed E-state index contributed by atoms with van der Waals surface area (Å²) in [4.78, 5) is 0. The second kappa shape index (κ2) is 1.12. The van der Waals surface area contributed by atoms with Crippen LogP contribution in [0.15, 0.2) is 0 Å². The van der Waals surface area contributed by atoms with Crippen LogP contribution in [0.5, 0.6) is 0 Å². The molecule has 0 aromatic carbocycles. The summed E-state index contributed by atoms with van der Waals surface area (Å²) in [6.45, 7) is 0. The Bertz CT molecular complexity index is 135. The molecule has 0 aliphatic heterocycles. The van der Waals surface area contributed by atoms with E-state index < -0.39 is 33.2 Å². The first kappa shape index (κ1) is 6.74. The second-order valence-corrected chi connectivity index (χ2v) is 5.64. The molecule has 0 aromatic rings. The Hall–Kier alpha value is 0.741. The van der Waals surface area contributed by atoms with Crippen LogP contribution in [0.3, 0.4) is 0 Å². The molecule has 0 N–H and O–H groups in total. The monoisotopic (exact) mass is 231 g/mol. The first-order chi connectivity index (χ1) is 2.24. The van der Waals surface area contributed by atoms with Crippen molar-refractivity contribution >= 4 is 0 Å². The minimum absolute atomic E-state index is 8.34. The van der Waals surface area contributed by atoms with E-state index in [1.165, 1.54) is 0 Å². The molecular formula is F3NdO2. The summed E-state index contributed by atoms with van der Waals surface area (Å²) in [6.07, 6.45) is 0. The molecule has 0 heterocycles. The van der Waals surface area contributed by atoms with Gasteiger partial charge in [-0.2, -0.15) is 0 Å². The van der Waals surface area contributed by atoms with Crippen LogP contribution < -0.4 is 0 Å². The fraction of sp³-hybridized carbons (Fsp3) is 0. The van der Waals surface area contributed by atoms with Gasteiger partial charge in [0.05, 0.1) is 0 Å². The van der Waals surface area contributed by atoms with Crippen LogP contribution in [0.2, 0.25) is 0 Å². The predicted molar refractivity (Wildman–Crippen MR) is 4.70 cm³/mol. The van der Waals surface area contributed by atoms with E-state index in [9.17, 15) is 3.04 Å². The van der Waals surface area contributed by atoms with E-state index in [4.69, 9.17) is 2.10 Å². The van der Waals surface area contributed by atoms with E-state index in [1.807, 2.05) is 0 Å². The summed E-state index contributed by atoms with van der Waals surface area (Å²) in [5.74, 6) is 0. The summed E-state index contributed by atoms with van der Waals surface area (Å²) in [5, 5.41) is 0. The first-order valence-electron chi connectivity index (χ1n) is 0.975. The molecule has 6 heavy (non-hydrogen) atoms. The molecule has 0 aliphatic rings. The van der Waals surface area contributed by atoms with Crippen LogP contribution in [0.25, 0.3) is 0 Å². The van der Waals surface area contributed by atoms with Gasteiger partial charge in [-0.3, -0.25) is 0 Å². The van der Waals surface area contributed by atoms with Gasteiger partial charge in [0.25, 0.3) is 0 Å². The maximum absolute atomic E-state index is 10.2. The summed E-state index contributed by atoms with van der Waals surface area (Å²) in [7, 11) is 0. The molecule has 0 radical (unpaired) electrons. The van der Waals surface area contributed by atoms with Gasteiger partial charge in [-0.25, -0.2) is 0 Å². The van der Waals surface area contributed by atoms with Gasteiger partial charge in [0.15, 0.2) is 0 Å². The Balaban J connectivity index is 4.69. The van der Waals surface area contributed by atoms with E-state index in [0.717, 1.165) is 0 Å². The molecule has 0 spiro atoms. The molecule has 0 unspecified atom stereocenters. The first-order valence-corrected chi connectivity index (χ1v) is 7.23. The van der Waals surface area contributed by atoms with Crippen LogP contribution in [-0.4, -0.2) is 0 Å². The zero-order valence-corrected chi connectivity index (χ0v) is 5.66. The van der Waals surface area contributed by atoms with Crippen LogP contribution >= 0.6 is 0 Å². The van der Waals surface area contributed by atoms with Crippen LogP contribution in [0.1, 0.15) is 0 Å². The molecule has 0 fully saturated rings. The fourth-order valence-electron chi connectivity index (χ4n) is 0. The van der Waals surface area contributed by atoms with Gasteiger partial charge in [-0.15, -0.1) is 0 Å². The van der Waals surface area contributed by atoms with E-state index >= 15 is 0 Å². The molecule has 0 bridgehead atoms. The average molecular weight is 233 g/mol. The van der Waals surface area contributed by atoms with Crippen molar-refractivity contribution in [2.24, 2.45) is 0 Å². The maximum atomic E-state index is 10.2. The van der Waals surface area contributed by atoms with Crippen molar-refractivity contribution in [2.45, 2.75) is 0 Å². The van der Waals surface area contributed by atoms with Crippen molar-refractivity contribution in [3.63, 3.8) is 0 Å². The van der Waals surface area contributed by atoms with Crippen LogP contribution in [0, 0.1) is 33.2 Å². The normalized spacial score (nSPS) is 14.7. The predicted octanol–water partition coefficient (Wildman–Crippen LogP) is 1.02. The van der Waals surface area contributed by atoms with Crippen molar-refractivity contribution in [1.29, 1.82) is 0 Å². The second-order valence-electron chi connectivity index (χ2n) is 0.761. The third-order valence-electron chi connectivity index (χ3n) is 0. The van der Waals surface area contributed by atoms with Gasteiger partial charge < -0.3 is 0 Å². The van der Waals surface area contributed by atoms with Gasteiger partial charge in [-0.1, -0.05) is 0 Å². The Morgan fingerprint density at radius 3 is 1.00 bits per heavy atom. The molecule has 0 saturated heterocycles. The molecular weight excluding hydrogens is 233 g/mol. The standard InChI is InChI=1S/3FH.Nd.2O/h3*1H;;;/q;;;+3;;/p-3. The number of hydrogen-bond acceptors (Lipinski definition) is 2. The molecule has 0 amide bonds. The Kier molecular flexibility index (Phi) is 1.26. The van der Waals surface area contributed by atoms with Gasteiger partial charge in [0.2, 0.25) is 0 Å². The summed E-state index contributed by atoms with van der Waals surface area (Å²) in [6, 6.07) is 0. The summed E-state index contributed by atoms with van der Waals surface area (Å²) in [5.41, 5.74) is 0. The van der Waals surface area contributed by atoms with Crippen molar-refractivity contribution in [3.8, 4) is 0 Å². The zero-order valence-electron chi connectivity index (χ0n) is 2.45. The Morgan fingerprint density at radius 1 is 1.00 bits per heavy atom. The Morgan fingerprint density at radius 2 is 1.00 bits per heavy atom. The van der Waals surface area contributed by atoms with Gasteiger partial charge in [-0.05, 0) is 0 Å². The van der Waals surface area contributed by atoms with E-state index in [1.54, 1.807) is 0 Å². The van der Waals surface area contributed by atoms with Gasteiger partial charge in [0, 0.05) is 0 Å². The minimum atomic E-state index is -8.85. The molecule has 0 atom stereocenters. The van der Waals surface area contributed by atoms with Crippen LogP contribution in [-0.2, 0) is 2.10 Å². The summed E-state index contributed by atoms with van der Waals surface area (Å²) >= 11 is -8.85.